The second kappa shape index (κ2) is 6.14. The molecule has 0 atom stereocenters. The number of carbonyl (C=O) groups is 1. The van der Waals surface area contributed by atoms with Crippen LogP contribution < -0.4 is 4.74 Å². The Hall–Kier alpha value is -1.42. The van der Waals surface area contributed by atoms with Crippen LogP contribution >= 0.6 is 0 Å². The Morgan fingerprint density at radius 2 is 2.27 bits per heavy atom. The molecule has 0 unspecified atom stereocenters. The highest BCUT2D eigenvalue weighted by atomic mass is 16.5. The van der Waals surface area contributed by atoms with Gasteiger partial charge in [0, 0.05) is 24.4 Å². The van der Waals surface area contributed by atoms with Crippen molar-refractivity contribution >= 4 is 6.29 Å². The third-order valence-corrected chi connectivity index (χ3v) is 1.89. The summed E-state index contributed by atoms with van der Waals surface area (Å²) in [6.07, 6.45) is 3.24. The fourth-order valence-electron chi connectivity index (χ4n) is 1.10. The molecular weight excluding hydrogens is 192 g/mol. The zero-order chi connectivity index (χ0) is 11.1. The van der Waals surface area contributed by atoms with E-state index in [1.54, 1.807) is 12.1 Å². The second-order valence-electron chi connectivity index (χ2n) is 3.55. The number of aldehydes is 1. The molecule has 4 nitrogen and oxygen atoms in total. The van der Waals surface area contributed by atoms with Crippen LogP contribution in [0.5, 0.6) is 5.88 Å². The van der Waals surface area contributed by atoms with Crippen LogP contribution in [0, 0.1) is 0 Å². The first-order valence-corrected chi connectivity index (χ1v) is 4.91. The number of pyridine rings is 1. The van der Waals surface area contributed by atoms with Crippen molar-refractivity contribution in [1.29, 1.82) is 0 Å². The minimum atomic E-state index is 0.565. The van der Waals surface area contributed by atoms with E-state index in [4.69, 9.17) is 4.74 Å². The predicted octanol–water partition coefficient (Wildman–Crippen LogP) is 1.22. The topological polar surface area (TPSA) is 42.4 Å². The Kier molecular flexibility index (Phi) is 4.77. The Morgan fingerprint density at radius 1 is 1.47 bits per heavy atom. The van der Waals surface area contributed by atoms with E-state index in [9.17, 15) is 4.79 Å². The van der Waals surface area contributed by atoms with E-state index < -0.39 is 0 Å². The van der Waals surface area contributed by atoms with Crippen LogP contribution in [0.25, 0.3) is 0 Å². The molecule has 0 bridgehead atoms. The lowest BCUT2D eigenvalue weighted by molar-refractivity contribution is 0.112. The van der Waals surface area contributed by atoms with Gasteiger partial charge in [-0.05, 0) is 26.6 Å². The van der Waals surface area contributed by atoms with Crippen LogP contribution in [0.4, 0.5) is 0 Å². The van der Waals surface area contributed by atoms with E-state index in [1.807, 2.05) is 14.1 Å². The summed E-state index contributed by atoms with van der Waals surface area (Å²) in [7, 11) is 4.05. The molecule has 0 amide bonds. The van der Waals surface area contributed by atoms with Gasteiger partial charge in [-0.15, -0.1) is 0 Å². The van der Waals surface area contributed by atoms with Crippen LogP contribution in [0.1, 0.15) is 16.8 Å². The van der Waals surface area contributed by atoms with Crippen LogP contribution in [0.2, 0.25) is 0 Å². The number of nitrogens with zero attached hydrogens (tertiary/aromatic N) is 2. The van der Waals surface area contributed by atoms with Gasteiger partial charge in [-0.3, -0.25) is 4.79 Å². The summed E-state index contributed by atoms with van der Waals surface area (Å²) in [5.74, 6) is 0.569. The summed E-state index contributed by atoms with van der Waals surface area (Å²) in [5.41, 5.74) is 0.565. The molecular formula is C11H16N2O2. The monoisotopic (exact) mass is 208 g/mol. The van der Waals surface area contributed by atoms with Crippen molar-refractivity contribution in [3.63, 3.8) is 0 Å². The smallest absolute Gasteiger partial charge is 0.213 e. The highest BCUT2D eigenvalue weighted by Crippen LogP contribution is 2.06. The van der Waals surface area contributed by atoms with Gasteiger partial charge in [-0.1, -0.05) is 0 Å². The molecule has 4 heteroatoms. The normalized spacial score (nSPS) is 10.3. The fraction of sp³-hybridized carbons (Fsp3) is 0.455. The maximum absolute atomic E-state index is 10.4. The molecule has 0 aliphatic carbocycles. The summed E-state index contributed by atoms with van der Waals surface area (Å²) in [6.45, 7) is 1.64. The lowest BCUT2D eigenvalue weighted by atomic mass is 10.3. The Bertz CT molecular complexity index is 296. The first-order valence-electron chi connectivity index (χ1n) is 4.91. The van der Waals surface area contributed by atoms with Crippen molar-refractivity contribution in [2.45, 2.75) is 6.42 Å². The molecule has 0 spiro atoms. The van der Waals surface area contributed by atoms with Gasteiger partial charge >= 0.3 is 0 Å². The Labute approximate surface area is 89.9 Å². The molecule has 1 rings (SSSR count). The summed E-state index contributed by atoms with van der Waals surface area (Å²) >= 11 is 0. The lowest BCUT2D eigenvalue weighted by Gasteiger charge is -2.09. The molecule has 82 valence electrons. The molecule has 0 N–H and O–H groups in total. The predicted molar refractivity (Wildman–Crippen MR) is 58.3 cm³/mol. The van der Waals surface area contributed by atoms with Crippen molar-refractivity contribution in [1.82, 2.24) is 9.88 Å². The van der Waals surface area contributed by atoms with Gasteiger partial charge in [0.1, 0.15) is 0 Å². The summed E-state index contributed by atoms with van der Waals surface area (Å²) < 4.78 is 5.40. The molecule has 15 heavy (non-hydrogen) atoms. The lowest BCUT2D eigenvalue weighted by Crippen LogP contribution is -2.15. The van der Waals surface area contributed by atoms with Crippen LogP contribution in [-0.2, 0) is 0 Å². The zero-order valence-corrected chi connectivity index (χ0v) is 9.14. The van der Waals surface area contributed by atoms with Crippen LogP contribution in [0.15, 0.2) is 18.3 Å². The average molecular weight is 208 g/mol. The molecule has 0 saturated heterocycles. The first-order chi connectivity index (χ1) is 7.22. The van der Waals surface area contributed by atoms with Gasteiger partial charge in [-0.2, -0.15) is 0 Å². The first kappa shape index (κ1) is 11.7. The molecule has 0 fully saturated rings. The highest BCUT2D eigenvalue weighted by Gasteiger charge is 1.96. The van der Waals surface area contributed by atoms with E-state index in [2.05, 4.69) is 9.88 Å². The maximum atomic E-state index is 10.4. The van der Waals surface area contributed by atoms with E-state index in [0.717, 1.165) is 19.3 Å². The molecule has 0 aliphatic rings. The van der Waals surface area contributed by atoms with Crippen LogP contribution in [0.3, 0.4) is 0 Å². The van der Waals surface area contributed by atoms with E-state index >= 15 is 0 Å². The fourth-order valence-corrected chi connectivity index (χ4v) is 1.10. The van der Waals surface area contributed by atoms with E-state index in [0.29, 0.717) is 18.1 Å². The minimum absolute atomic E-state index is 0.565. The quantitative estimate of drug-likeness (QED) is 0.521. The SMILES string of the molecule is CN(C)CCCOc1ccc(C=O)cn1. The minimum Gasteiger partial charge on any atom is -0.478 e. The van der Waals surface area contributed by atoms with Crippen molar-refractivity contribution in [2.75, 3.05) is 27.2 Å². The molecule has 0 aromatic carbocycles. The molecule has 0 radical (unpaired) electrons. The van der Waals surface area contributed by atoms with Crippen molar-refractivity contribution < 1.29 is 9.53 Å². The van der Waals surface area contributed by atoms with Crippen molar-refractivity contribution in [3.8, 4) is 5.88 Å². The Balaban J connectivity index is 2.28. The average Bonchev–Trinajstić information content (AvgIpc) is 2.25. The molecule has 0 aliphatic heterocycles. The van der Waals surface area contributed by atoms with Gasteiger partial charge in [0.05, 0.1) is 6.61 Å². The third-order valence-electron chi connectivity index (χ3n) is 1.89. The number of hydrogen-bond acceptors (Lipinski definition) is 4. The van der Waals surface area contributed by atoms with Gasteiger partial charge in [0.25, 0.3) is 0 Å². The number of rotatable bonds is 6. The third kappa shape index (κ3) is 4.56. The standard InChI is InChI=1S/C11H16N2O2/c1-13(2)6-3-7-15-11-5-4-10(9-14)8-12-11/h4-5,8-9H,3,6-7H2,1-2H3. The van der Waals surface area contributed by atoms with E-state index in [-0.39, 0.29) is 0 Å². The largest absolute Gasteiger partial charge is 0.478 e. The summed E-state index contributed by atoms with van der Waals surface area (Å²) in [5, 5.41) is 0. The van der Waals surface area contributed by atoms with Crippen LogP contribution in [-0.4, -0.2) is 43.4 Å². The van der Waals surface area contributed by atoms with Crippen molar-refractivity contribution in [2.24, 2.45) is 0 Å². The van der Waals surface area contributed by atoms with E-state index in [1.165, 1.54) is 6.20 Å². The van der Waals surface area contributed by atoms with Gasteiger partial charge in [-0.25, -0.2) is 4.98 Å². The zero-order valence-electron chi connectivity index (χ0n) is 9.14. The maximum Gasteiger partial charge on any atom is 0.213 e. The molecule has 0 saturated carbocycles. The second-order valence-corrected chi connectivity index (χ2v) is 3.55. The highest BCUT2D eigenvalue weighted by molar-refractivity contribution is 5.73. The van der Waals surface area contributed by atoms with Gasteiger partial charge in [0.15, 0.2) is 6.29 Å². The number of hydrogen-bond donors (Lipinski definition) is 0. The van der Waals surface area contributed by atoms with Gasteiger partial charge < -0.3 is 9.64 Å². The summed E-state index contributed by atoms with van der Waals surface area (Å²) in [6, 6.07) is 3.40. The van der Waals surface area contributed by atoms with Gasteiger partial charge in [0.2, 0.25) is 5.88 Å². The molecule has 1 aromatic heterocycles. The Morgan fingerprint density at radius 3 is 2.80 bits per heavy atom. The molecule has 1 heterocycles. The van der Waals surface area contributed by atoms with Crippen molar-refractivity contribution in [3.05, 3.63) is 23.9 Å². The number of carbonyl (C=O) groups excluding carboxylic acids is 1. The molecule has 1 aromatic rings. The number of aromatic nitrogens is 1. The number of ether oxygens (including phenoxy) is 1. The summed E-state index contributed by atoms with van der Waals surface area (Å²) in [4.78, 5) is 16.5.